The van der Waals surface area contributed by atoms with Gasteiger partial charge in [-0.1, -0.05) is 6.07 Å². The Morgan fingerprint density at radius 1 is 1.16 bits per heavy atom. The maximum Gasteiger partial charge on any atom is 0.160 e. The lowest BCUT2D eigenvalue weighted by Crippen LogP contribution is -2.29. The molecule has 0 amide bonds. The highest BCUT2D eigenvalue weighted by Crippen LogP contribution is 2.31. The van der Waals surface area contributed by atoms with Crippen molar-refractivity contribution in [1.29, 1.82) is 0 Å². The Hall–Kier alpha value is -1.26. The van der Waals surface area contributed by atoms with Gasteiger partial charge >= 0.3 is 0 Å². The van der Waals surface area contributed by atoms with Gasteiger partial charge in [-0.15, -0.1) is 0 Å². The van der Waals surface area contributed by atoms with Crippen molar-refractivity contribution in [2.75, 3.05) is 40.4 Å². The predicted octanol–water partition coefficient (Wildman–Crippen LogP) is 1.84. The molecule has 4 nitrogen and oxygen atoms in total. The van der Waals surface area contributed by atoms with E-state index >= 15 is 0 Å². The molecular formula is C15H24N2O2. The molecule has 1 fully saturated rings. The first kappa shape index (κ1) is 14.2. The van der Waals surface area contributed by atoms with E-state index in [1.54, 1.807) is 14.2 Å². The Morgan fingerprint density at radius 2 is 1.84 bits per heavy atom. The van der Waals surface area contributed by atoms with E-state index < -0.39 is 0 Å². The number of benzene rings is 1. The van der Waals surface area contributed by atoms with Gasteiger partial charge in [0.25, 0.3) is 0 Å². The number of hydrogen-bond donors (Lipinski definition) is 1. The second-order valence-corrected chi connectivity index (χ2v) is 5.05. The summed E-state index contributed by atoms with van der Waals surface area (Å²) in [4.78, 5) is 2.49. The average molecular weight is 264 g/mol. The molecule has 1 aliphatic heterocycles. The van der Waals surface area contributed by atoms with Gasteiger partial charge in [0.05, 0.1) is 14.2 Å². The average Bonchev–Trinajstić information content (AvgIpc) is 2.97. The summed E-state index contributed by atoms with van der Waals surface area (Å²) >= 11 is 0. The summed E-state index contributed by atoms with van der Waals surface area (Å²) in [7, 11) is 3.32. The zero-order valence-electron chi connectivity index (χ0n) is 11.9. The molecule has 1 aromatic rings. The molecule has 1 unspecified atom stereocenters. The van der Waals surface area contributed by atoms with Crippen LogP contribution in [0.2, 0.25) is 0 Å². The number of nitrogens with two attached hydrogens (primary N) is 1. The second-order valence-electron chi connectivity index (χ2n) is 5.05. The number of ether oxygens (including phenoxy) is 2. The molecule has 4 heteroatoms. The van der Waals surface area contributed by atoms with Crippen LogP contribution in [0.3, 0.4) is 0 Å². The molecule has 1 aliphatic rings. The summed E-state index contributed by atoms with van der Waals surface area (Å²) in [6.45, 7) is 4.09. The third kappa shape index (κ3) is 3.39. The Morgan fingerprint density at radius 3 is 2.42 bits per heavy atom. The summed E-state index contributed by atoms with van der Waals surface area (Å²) < 4.78 is 10.6. The van der Waals surface area contributed by atoms with Gasteiger partial charge in [0.1, 0.15) is 0 Å². The van der Waals surface area contributed by atoms with Gasteiger partial charge in [-0.25, -0.2) is 0 Å². The molecule has 1 aromatic carbocycles. The van der Waals surface area contributed by atoms with E-state index in [1.165, 1.54) is 31.5 Å². The molecule has 0 aliphatic carbocycles. The topological polar surface area (TPSA) is 47.7 Å². The Labute approximate surface area is 115 Å². The molecule has 0 aromatic heterocycles. The minimum Gasteiger partial charge on any atom is -0.493 e. The van der Waals surface area contributed by atoms with Crippen LogP contribution in [0.4, 0.5) is 0 Å². The number of likely N-dealkylation sites (tertiary alicyclic amines) is 1. The van der Waals surface area contributed by atoms with Crippen molar-refractivity contribution in [3.63, 3.8) is 0 Å². The molecule has 0 saturated carbocycles. The number of nitrogens with zero attached hydrogens (tertiary/aromatic N) is 1. The maximum absolute atomic E-state index is 5.95. The van der Waals surface area contributed by atoms with E-state index in [0.717, 1.165) is 18.0 Å². The van der Waals surface area contributed by atoms with Crippen molar-refractivity contribution in [1.82, 2.24) is 4.90 Å². The van der Waals surface area contributed by atoms with Crippen LogP contribution in [0.5, 0.6) is 11.5 Å². The minimum absolute atomic E-state index is 0.359. The van der Waals surface area contributed by atoms with Crippen LogP contribution in [0.25, 0.3) is 0 Å². The van der Waals surface area contributed by atoms with E-state index in [0.29, 0.717) is 12.5 Å². The largest absolute Gasteiger partial charge is 0.493 e. The van der Waals surface area contributed by atoms with Crippen molar-refractivity contribution in [3.8, 4) is 11.5 Å². The van der Waals surface area contributed by atoms with E-state index in [2.05, 4.69) is 11.0 Å². The van der Waals surface area contributed by atoms with Gasteiger partial charge in [-0.05, 0) is 43.6 Å². The standard InChI is InChI=1S/C15H24N2O2/c1-18-14-6-5-12(9-15(14)19-2)13(10-16)11-17-7-3-4-8-17/h5-6,9,13H,3-4,7-8,10-11,16H2,1-2H3. The number of methoxy groups -OCH3 is 2. The minimum atomic E-state index is 0.359. The lowest BCUT2D eigenvalue weighted by Gasteiger charge is -2.23. The predicted molar refractivity (Wildman–Crippen MR) is 77.0 cm³/mol. The quantitative estimate of drug-likeness (QED) is 0.851. The molecule has 0 bridgehead atoms. The van der Waals surface area contributed by atoms with Gasteiger partial charge in [-0.2, -0.15) is 0 Å². The molecule has 1 heterocycles. The van der Waals surface area contributed by atoms with Crippen LogP contribution in [-0.4, -0.2) is 45.3 Å². The van der Waals surface area contributed by atoms with Crippen molar-refractivity contribution in [2.45, 2.75) is 18.8 Å². The van der Waals surface area contributed by atoms with E-state index in [1.807, 2.05) is 12.1 Å². The first-order valence-corrected chi connectivity index (χ1v) is 6.92. The smallest absolute Gasteiger partial charge is 0.160 e. The van der Waals surface area contributed by atoms with E-state index in [4.69, 9.17) is 15.2 Å². The zero-order chi connectivity index (χ0) is 13.7. The van der Waals surface area contributed by atoms with Gasteiger partial charge in [-0.3, -0.25) is 0 Å². The first-order chi connectivity index (χ1) is 9.28. The van der Waals surface area contributed by atoms with Crippen LogP contribution >= 0.6 is 0 Å². The van der Waals surface area contributed by atoms with Gasteiger partial charge < -0.3 is 20.1 Å². The number of hydrogen-bond acceptors (Lipinski definition) is 4. The first-order valence-electron chi connectivity index (χ1n) is 6.92. The van der Waals surface area contributed by atoms with E-state index in [9.17, 15) is 0 Å². The maximum atomic E-state index is 5.95. The fraction of sp³-hybridized carbons (Fsp3) is 0.600. The molecule has 106 valence electrons. The lowest BCUT2D eigenvalue weighted by molar-refractivity contribution is 0.314. The van der Waals surface area contributed by atoms with Gasteiger partial charge in [0.2, 0.25) is 0 Å². The van der Waals surface area contributed by atoms with E-state index in [-0.39, 0.29) is 0 Å². The zero-order valence-corrected chi connectivity index (χ0v) is 11.9. The summed E-state index contributed by atoms with van der Waals surface area (Å²) in [6, 6.07) is 6.10. The second kappa shape index (κ2) is 6.78. The normalized spacial score (nSPS) is 17.4. The molecule has 1 atom stereocenters. The monoisotopic (exact) mass is 264 g/mol. The number of rotatable bonds is 6. The summed E-state index contributed by atoms with van der Waals surface area (Å²) in [5.41, 5.74) is 7.18. The van der Waals surface area contributed by atoms with Gasteiger partial charge in [0.15, 0.2) is 11.5 Å². The molecule has 2 rings (SSSR count). The van der Waals surface area contributed by atoms with Crippen LogP contribution in [0, 0.1) is 0 Å². The summed E-state index contributed by atoms with van der Waals surface area (Å²) in [5, 5.41) is 0. The SMILES string of the molecule is COc1ccc(C(CN)CN2CCCC2)cc1OC. The van der Waals surface area contributed by atoms with Crippen molar-refractivity contribution >= 4 is 0 Å². The van der Waals surface area contributed by atoms with Crippen LogP contribution in [0.15, 0.2) is 18.2 Å². The molecule has 0 spiro atoms. The van der Waals surface area contributed by atoms with Crippen LogP contribution in [0.1, 0.15) is 24.3 Å². The molecular weight excluding hydrogens is 240 g/mol. The highest BCUT2D eigenvalue weighted by Gasteiger charge is 2.19. The third-order valence-corrected chi connectivity index (χ3v) is 3.84. The lowest BCUT2D eigenvalue weighted by atomic mass is 9.98. The Bertz CT molecular complexity index is 403. The molecule has 0 radical (unpaired) electrons. The molecule has 2 N–H and O–H groups in total. The fourth-order valence-electron chi connectivity index (χ4n) is 2.70. The van der Waals surface area contributed by atoms with Crippen molar-refractivity contribution in [3.05, 3.63) is 23.8 Å². The fourth-order valence-corrected chi connectivity index (χ4v) is 2.70. The summed E-state index contributed by atoms with van der Waals surface area (Å²) in [6.07, 6.45) is 2.62. The highest BCUT2D eigenvalue weighted by molar-refractivity contribution is 5.44. The summed E-state index contributed by atoms with van der Waals surface area (Å²) in [5.74, 6) is 1.90. The third-order valence-electron chi connectivity index (χ3n) is 3.84. The molecule has 19 heavy (non-hydrogen) atoms. The Kier molecular flexibility index (Phi) is 5.05. The van der Waals surface area contributed by atoms with Crippen molar-refractivity contribution in [2.24, 2.45) is 5.73 Å². The Balaban J connectivity index is 2.12. The van der Waals surface area contributed by atoms with Gasteiger partial charge in [0, 0.05) is 19.0 Å². The highest BCUT2D eigenvalue weighted by atomic mass is 16.5. The van der Waals surface area contributed by atoms with Crippen LogP contribution < -0.4 is 15.2 Å². The molecule has 1 saturated heterocycles. The van der Waals surface area contributed by atoms with Crippen molar-refractivity contribution < 1.29 is 9.47 Å². The van der Waals surface area contributed by atoms with Crippen LogP contribution in [-0.2, 0) is 0 Å².